The molecule has 0 spiro atoms. The normalized spacial score (nSPS) is 22.7. The van der Waals surface area contributed by atoms with Crippen LogP contribution in [0.3, 0.4) is 0 Å². The molecule has 1 aliphatic rings. The van der Waals surface area contributed by atoms with Crippen molar-refractivity contribution in [1.29, 1.82) is 0 Å². The second-order valence-electron chi connectivity index (χ2n) is 6.96. The predicted octanol–water partition coefficient (Wildman–Crippen LogP) is 4.53. The van der Waals surface area contributed by atoms with Gasteiger partial charge < -0.3 is 10.1 Å². The van der Waals surface area contributed by atoms with Gasteiger partial charge in [0.25, 0.3) is 0 Å². The van der Waals surface area contributed by atoms with Crippen molar-refractivity contribution < 1.29 is 4.74 Å². The summed E-state index contributed by atoms with van der Waals surface area (Å²) in [6, 6.07) is 8.80. The highest BCUT2D eigenvalue weighted by Gasteiger charge is 2.21. The Morgan fingerprint density at radius 1 is 1.19 bits per heavy atom. The molecule has 1 fully saturated rings. The highest BCUT2D eigenvalue weighted by molar-refractivity contribution is 5.22. The minimum Gasteiger partial charge on any atom is -0.373 e. The molecule has 1 N–H and O–H groups in total. The van der Waals surface area contributed by atoms with Crippen molar-refractivity contribution in [3.8, 4) is 0 Å². The zero-order valence-corrected chi connectivity index (χ0v) is 13.9. The highest BCUT2D eigenvalue weighted by atomic mass is 16.5. The summed E-state index contributed by atoms with van der Waals surface area (Å²) in [5, 5.41) is 3.50. The Balaban J connectivity index is 1.80. The Bertz CT molecular complexity index is 416. The summed E-state index contributed by atoms with van der Waals surface area (Å²) in [6.45, 7) is 9.58. The van der Waals surface area contributed by atoms with E-state index >= 15 is 0 Å². The van der Waals surface area contributed by atoms with Crippen LogP contribution in [-0.2, 0) is 17.9 Å². The molecule has 0 aliphatic heterocycles. The van der Waals surface area contributed by atoms with E-state index in [-0.39, 0.29) is 0 Å². The fourth-order valence-corrected chi connectivity index (χ4v) is 3.07. The zero-order valence-electron chi connectivity index (χ0n) is 13.9. The standard InChI is InChI=1S/C19H31NO/c1-15(2)12-20-13-17-8-6-9-18(11-17)14-21-19-10-5-4-7-16(19)3/h6,8-9,11,15-16,19-20H,4-5,7,10,12-14H2,1-3H3. The van der Waals surface area contributed by atoms with Crippen molar-refractivity contribution in [3.05, 3.63) is 35.4 Å². The van der Waals surface area contributed by atoms with E-state index in [0.29, 0.717) is 12.0 Å². The summed E-state index contributed by atoms with van der Waals surface area (Å²) in [5.41, 5.74) is 2.66. The molecule has 1 aromatic carbocycles. The van der Waals surface area contributed by atoms with Gasteiger partial charge >= 0.3 is 0 Å². The summed E-state index contributed by atoms with van der Waals surface area (Å²) >= 11 is 0. The summed E-state index contributed by atoms with van der Waals surface area (Å²) < 4.78 is 6.16. The van der Waals surface area contributed by atoms with Crippen LogP contribution in [0.5, 0.6) is 0 Å². The molecule has 0 amide bonds. The molecule has 1 saturated carbocycles. The number of hydrogen-bond acceptors (Lipinski definition) is 2. The lowest BCUT2D eigenvalue weighted by atomic mass is 9.88. The van der Waals surface area contributed by atoms with Gasteiger partial charge in [-0.1, -0.05) is 57.9 Å². The molecular formula is C19H31NO. The maximum absolute atomic E-state index is 6.16. The minimum atomic E-state index is 0.460. The van der Waals surface area contributed by atoms with Crippen LogP contribution < -0.4 is 5.32 Å². The third-order valence-electron chi connectivity index (χ3n) is 4.37. The van der Waals surface area contributed by atoms with Crippen molar-refractivity contribution in [3.63, 3.8) is 0 Å². The average Bonchev–Trinajstić information content (AvgIpc) is 2.46. The van der Waals surface area contributed by atoms with Gasteiger partial charge in [0.15, 0.2) is 0 Å². The second-order valence-corrected chi connectivity index (χ2v) is 6.96. The van der Waals surface area contributed by atoms with E-state index in [1.807, 2.05) is 0 Å². The first-order chi connectivity index (χ1) is 10.1. The fourth-order valence-electron chi connectivity index (χ4n) is 3.07. The summed E-state index contributed by atoms with van der Waals surface area (Å²) in [5.74, 6) is 1.42. The average molecular weight is 289 g/mol. The highest BCUT2D eigenvalue weighted by Crippen LogP contribution is 2.27. The van der Waals surface area contributed by atoms with E-state index in [2.05, 4.69) is 50.4 Å². The molecule has 2 atom stereocenters. The number of nitrogens with one attached hydrogen (secondary N) is 1. The molecule has 2 rings (SSSR count). The van der Waals surface area contributed by atoms with Crippen molar-refractivity contribution in [2.45, 2.75) is 65.7 Å². The Hall–Kier alpha value is -0.860. The topological polar surface area (TPSA) is 21.3 Å². The smallest absolute Gasteiger partial charge is 0.0720 e. The maximum Gasteiger partial charge on any atom is 0.0720 e. The van der Waals surface area contributed by atoms with Gasteiger partial charge in [-0.3, -0.25) is 0 Å². The Morgan fingerprint density at radius 3 is 2.71 bits per heavy atom. The fraction of sp³-hybridized carbons (Fsp3) is 0.684. The first kappa shape index (κ1) is 16.5. The van der Waals surface area contributed by atoms with Gasteiger partial charge in [0.2, 0.25) is 0 Å². The van der Waals surface area contributed by atoms with E-state index in [1.54, 1.807) is 0 Å². The first-order valence-corrected chi connectivity index (χ1v) is 8.55. The van der Waals surface area contributed by atoms with Crippen LogP contribution in [0, 0.1) is 11.8 Å². The Morgan fingerprint density at radius 2 is 1.95 bits per heavy atom. The van der Waals surface area contributed by atoms with Gasteiger partial charge in [-0.25, -0.2) is 0 Å². The number of ether oxygens (including phenoxy) is 1. The maximum atomic E-state index is 6.16. The molecule has 0 aromatic heterocycles. The van der Waals surface area contributed by atoms with Crippen LogP contribution in [0.15, 0.2) is 24.3 Å². The molecule has 21 heavy (non-hydrogen) atoms. The molecule has 0 radical (unpaired) electrons. The van der Waals surface area contributed by atoms with Crippen LogP contribution in [0.25, 0.3) is 0 Å². The Labute approximate surface area is 130 Å². The third-order valence-corrected chi connectivity index (χ3v) is 4.37. The largest absolute Gasteiger partial charge is 0.373 e. The molecule has 2 nitrogen and oxygen atoms in total. The summed E-state index contributed by atoms with van der Waals surface area (Å²) in [6.07, 6.45) is 5.72. The first-order valence-electron chi connectivity index (χ1n) is 8.55. The zero-order chi connectivity index (χ0) is 15.1. The SMILES string of the molecule is CC(C)CNCc1cccc(COC2CCCCC2C)c1. The van der Waals surface area contributed by atoms with Crippen LogP contribution in [0.4, 0.5) is 0 Å². The third kappa shape index (κ3) is 5.80. The van der Waals surface area contributed by atoms with E-state index in [1.165, 1.54) is 36.8 Å². The van der Waals surface area contributed by atoms with Crippen LogP contribution in [-0.4, -0.2) is 12.6 Å². The van der Waals surface area contributed by atoms with Gasteiger partial charge in [0.1, 0.15) is 0 Å². The number of benzene rings is 1. The van der Waals surface area contributed by atoms with E-state index in [9.17, 15) is 0 Å². The molecule has 2 unspecified atom stereocenters. The number of hydrogen-bond donors (Lipinski definition) is 1. The van der Waals surface area contributed by atoms with Crippen LogP contribution >= 0.6 is 0 Å². The van der Waals surface area contributed by atoms with Gasteiger partial charge in [0, 0.05) is 6.54 Å². The summed E-state index contributed by atoms with van der Waals surface area (Å²) in [4.78, 5) is 0. The lowest BCUT2D eigenvalue weighted by Crippen LogP contribution is -2.25. The van der Waals surface area contributed by atoms with Gasteiger partial charge in [0.05, 0.1) is 12.7 Å². The molecule has 1 aromatic rings. The number of rotatable bonds is 7. The Kier molecular flexibility index (Phi) is 6.72. The van der Waals surface area contributed by atoms with Gasteiger partial charge in [-0.05, 0) is 42.3 Å². The molecular weight excluding hydrogens is 258 g/mol. The molecule has 0 saturated heterocycles. The minimum absolute atomic E-state index is 0.460. The molecule has 0 bridgehead atoms. The predicted molar refractivity (Wildman–Crippen MR) is 89.2 cm³/mol. The summed E-state index contributed by atoms with van der Waals surface area (Å²) in [7, 11) is 0. The van der Waals surface area contributed by atoms with Crippen LogP contribution in [0.2, 0.25) is 0 Å². The van der Waals surface area contributed by atoms with E-state index < -0.39 is 0 Å². The monoisotopic (exact) mass is 289 g/mol. The molecule has 2 heteroatoms. The lowest BCUT2D eigenvalue weighted by molar-refractivity contribution is -0.0154. The quantitative estimate of drug-likeness (QED) is 0.796. The van der Waals surface area contributed by atoms with E-state index in [0.717, 1.165) is 25.6 Å². The van der Waals surface area contributed by atoms with Crippen molar-refractivity contribution in [1.82, 2.24) is 5.32 Å². The second kappa shape index (κ2) is 8.55. The van der Waals surface area contributed by atoms with Crippen molar-refractivity contribution in [2.75, 3.05) is 6.54 Å². The lowest BCUT2D eigenvalue weighted by Gasteiger charge is -2.28. The molecule has 118 valence electrons. The van der Waals surface area contributed by atoms with Gasteiger partial charge in [-0.15, -0.1) is 0 Å². The van der Waals surface area contributed by atoms with Crippen molar-refractivity contribution in [2.24, 2.45) is 11.8 Å². The van der Waals surface area contributed by atoms with E-state index in [4.69, 9.17) is 4.74 Å². The molecule has 1 aliphatic carbocycles. The van der Waals surface area contributed by atoms with Crippen LogP contribution in [0.1, 0.15) is 57.6 Å². The van der Waals surface area contributed by atoms with Crippen molar-refractivity contribution >= 4 is 0 Å². The molecule has 0 heterocycles. The van der Waals surface area contributed by atoms with Gasteiger partial charge in [-0.2, -0.15) is 0 Å².